The second-order valence-corrected chi connectivity index (χ2v) is 18.3. The van der Waals surface area contributed by atoms with E-state index >= 15 is 0 Å². The Morgan fingerprint density at radius 1 is 0.526 bits per heavy atom. The van der Waals surface area contributed by atoms with E-state index in [4.69, 9.17) is 33.3 Å². The number of carboxylic acids is 2. The molecule has 28 heteroatoms. The Hall–Kier alpha value is -10.2. The number of aromatic amines is 2. The fourth-order valence-electron chi connectivity index (χ4n) is 8.20. The van der Waals surface area contributed by atoms with Gasteiger partial charge in [0.25, 0.3) is 35.2 Å². The number of amides is 4. The maximum atomic E-state index is 13.2. The van der Waals surface area contributed by atoms with E-state index in [1.807, 2.05) is 0 Å². The van der Waals surface area contributed by atoms with E-state index in [1.165, 1.54) is 42.2 Å². The molecule has 0 saturated carbocycles. The molecule has 4 amide bonds. The number of benzene rings is 4. The quantitative estimate of drug-likeness (QED) is 0.0707. The number of carboxylic acid groups (broad SMARTS) is 2. The van der Waals surface area contributed by atoms with Crippen LogP contribution in [0.5, 0.6) is 0 Å². The molecule has 0 bridgehead atoms. The first-order chi connectivity index (χ1) is 37.2. The third-order valence-corrected chi connectivity index (χ3v) is 12.8. The van der Waals surface area contributed by atoms with Crippen molar-refractivity contribution in [3.63, 3.8) is 0 Å². The molecular formula is C50H42N14O12S2. The fourth-order valence-corrected chi connectivity index (χ4v) is 8.66. The van der Waals surface area contributed by atoms with Gasteiger partial charge in [0, 0.05) is 40.3 Å². The summed E-state index contributed by atoms with van der Waals surface area (Å²) in [6.45, 7) is 3.81. The summed E-state index contributed by atoms with van der Waals surface area (Å²) in [4.78, 5) is 107. The molecule has 4 aromatic carbocycles. The van der Waals surface area contributed by atoms with E-state index in [-0.39, 0.29) is 81.2 Å². The number of nitrogens with one attached hydrogen (secondary N) is 6. The molecule has 0 fully saturated rings. The minimum Gasteiger partial charge on any atom is -0.478 e. The lowest BCUT2D eigenvalue weighted by Crippen LogP contribution is -2.28. The molecule has 396 valence electrons. The van der Waals surface area contributed by atoms with Crippen LogP contribution in [-0.2, 0) is 40.3 Å². The van der Waals surface area contributed by atoms with E-state index in [9.17, 15) is 48.6 Å². The minimum atomic E-state index is -1.03. The number of oxazole rings is 2. The zero-order valence-electron chi connectivity index (χ0n) is 41.3. The van der Waals surface area contributed by atoms with Crippen molar-refractivity contribution in [2.24, 2.45) is 14.1 Å². The van der Waals surface area contributed by atoms with Crippen molar-refractivity contribution in [2.75, 3.05) is 0 Å². The van der Waals surface area contributed by atoms with Gasteiger partial charge in [0.05, 0.1) is 22.2 Å². The standard InChI is InChI=1S/2C25H21N7O6S/c1-12-7-13(3-5-15(12)22(35)36)10-27-21(34)18-9-16(28-23-29-30-24(39)32(18)23)20(33)26-11-14-4-6-19-17(8-14)31(2)25(37)38-19;1-12-7-13(3-5-15(12)22(35)36)10-26-20(33)16-9-18(32-23(28-16)29-30-24(32)39)21(34)27-11-14-4-6-19-17(8-14)31(2)25(37)38-19/h2*3-9H,10-11H2,1-2H3,(H,26,33)(H,27,34)(H,30,39)(H,35,36). The summed E-state index contributed by atoms with van der Waals surface area (Å²) in [7, 11) is 3.17. The maximum Gasteiger partial charge on any atom is 0.419 e. The Morgan fingerprint density at radius 2 is 0.872 bits per heavy atom. The Balaban J connectivity index is 0.000000190. The highest BCUT2D eigenvalue weighted by molar-refractivity contribution is 7.71. The molecule has 0 radical (unpaired) electrons. The molecule has 26 nitrogen and oxygen atoms in total. The summed E-state index contributed by atoms with van der Waals surface area (Å²) in [6, 6.07) is 22.3. The van der Waals surface area contributed by atoms with Gasteiger partial charge in [0.15, 0.2) is 11.2 Å². The molecule has 8 N–H and O–H groups in total. The zero-order valence-corrected chi connectivity index (χ0v) is 42.9. The number of aromatic nitrogens is 10. The lowest BCUT2D eigenvalue weighted by Gasteiger charge is -2.10. The molecule has 0 spiro atoms. The summed E-state index contributed by atoms with van der Waals surface area (Å²) < 4.78 is 15.9. The Morgan fingerprint density at radius 3 is 1.23 bits per heavy atom. The van der Waals surface area contributed by atoms with Crippen molar-refractivity contribution < 1.29 is 47.8 Å². The van der Waals surface area contributed by atoms with E-state index in [0.717, 1.165) is 11.1 Å². The average Bonchev–Trinajstić information content (AvgIpc) is 4.16. The van der Waals surface area contributed by atoms with E-state index < -0.39 is 47.1 Å². The summed E-state index contributed by atoms with van der Waals surface area (Å²) in [5.41, 5.74) is 6.31. The van der Waals surface area contributed by atoms with Crippen molar-refractivity contribution in [1.29, 1.82) is 0 Å². The van der Waals surface area contributed by atoms with Crippen LogP contribution in [0.15, 0.2) is 103 Å². The van der Waals surface area contributed by atoms with Crippen LogP contribution in [0, 0.1) is 23.4 Å². The molecule has 0 saturated heterocycles. The van der Waals surface area contributed by atoms with Gasteiger partial charge in [0.2, 0.25) is 9.54 Å². The van der Waals surface area contributed by atoms with Crippen molar-refractivity contribution in [2.45, 2.75) is 40.0 Å². The molecule has 0 unspecified atom stereocenters. The zero-order chi connectivity index (χ0) is 55.7. The molecule has 6 heterocycles. The lowest BCUT2D eigenvalue weighted by atomic mass is 10.1. The summed E-state index contributed by atoms with van der Waals surface area (Å²) in [6.07, 6.45) is 0. The SMILES string of the molecule is Cc1cc(CNC(=O)c2cc(C(=O)NCc3ccc4oc(=O)n(C)c4c3)n3c(=S)[nH]nc3n2)ccc1C(=O)O.Cc1cc(CNC(=O)c2cc(C(=O)NCc3ccc4oc(=O)n(C)c4c3)nc3n[nH]c(=S)n23)ccc1C(=O)O. The monoisotopic (exact) mass is 1090 g/mol. The van der Waals surface area contributed by atoms with Gasteiger partial charge in [-0.1, -0.05) is 36.4 Å². The summed E-state index contributed by atoms with van der Waals surface area (Å²) >= 11 is 10.5. The number of hydrogen-bond acceptors (Lipinski definition) is 16. The first kappa shape index (κ1) is 52.6. The molecule has 10 rings (SSSR count). The van der Waals surface area contributed by atoms with Gasteiger partial charge in [-0.15, -0.1) is 10.2 Å². The smallest absolute Gasteiger partial charge is 0.419 e. The van der Waals surface area contributed by atoms with E-state index in [2.05, 4.69) is 51.6 Å². The van der Waals surface area contributed by atoms with Crippen LogP contribution in [0.25, 0.3) is 33.8 Å². The number of carbonyl (C=O) groups excluding carboxylic acids is 4. The number of aryl methyl sites for hydroxylation is 4. The van der Waals surface area contributed by atoms with Gasteiger partial charge in [-0.25, -0.2) is 48.1 Å². The molecule has 10 aromatic rings. The van der Waals surface area contributed by atoms with Crippen molar-refractivity contribution in [1.82, 2.24) is 69.6 Å². The number of aromatic carboxylic acids is 2. The van der Waals surface area contributed by atoms with E-state index in [1.54, 1.807) is 88.6 Å². The Bertz CT molecular complexity index is 4390. The molecular weight excluding hydrogens is 1050 g/mol. The number of hydrogen-bond donors (Lipinski definition) is 8. The van der Waals surface area contributed by atoms with Gasteiger partial charge in [-0.2, -0.15) is 0 Å². The minimum absolute atomic E-state index is 0.0364. The molecule has 0 aliphatic rings. The Labute approximate surface area is 446 Å². The normalized spacial score (nSPS) is 11.1. The third kappa shape index (κ3) is 10.8. The largest absolute Gasteiger partial charge is 0.478 e. The van der Waals surface area contributed by atoms with Crippen molar-refractivity contribution in [3.05, 3.63) is 183 Å². The predicted molar refractivity (Wildman–Crippen MR) is 280 cm³/mol. The molecule has 0 aliphatic carbocycles. The first-order valence-corrected chi connectivity index (χ1v) is 24.0. The fraction of sp³-hybridized carbons (Fsp3) is 0.160. The predicted octanol–water partition coefficient (Wildman–Crippen LogP) is 4.20. The highest BCUT2D eigenvalue weighted by atomic mass is 32.1. The lowest BCUT2D eigenvalue weighted by molar-refractivity contribution is 0.0685. The number of carbonyl (C=O) groups is 6. The van der Waals surface area contributed by atoms with Crippen LogP contribution in [-0.4, -0.2) is 94.1 Å². The van der Waals surface area contributed by atoms with E-state index in [0.29, 0.717) is 44.5 Å². The summed E-state index contributed by atoms with van der Waals surface area (Å²) in [5.74, 6) is -5.16. The average molecular weight is 1100 g/mol. The van der Waals surface area contributed by atoms with Gasteiger partial charge in [-0.05, 0) is 120 Å². The molecule has 6 aromatic heterocycles. The second kappa shape index (κ2) is 21.6. The number of nitrogens with zero attached hydrogens (tertiary/aromatic N) is 8. The first-order valence-electron chi connectivity index (χ1n) is 23.2. The highest BCUT2D eigenvalue weighted by Crippen LogP contribution is 2.18. The van der Waals surface area contributed by atoms with Crippen LogP contribution in [0.2, 0.25) is 0 Å². The second-order valence-electron chi connectivity index (χ2n) is 17.5. The van der Waals surface area contributed by atoms with Crippen molar-refractivity contribution in [3.8, 4) is 0 Å². The number of H-pyrrole nitrogens is 2. The number of rotatable bonds is 14. The van der Waals surface area contributed by atoms with Gasteiger partial charge in [-0.3, -0.25) is 28.3 Å². The number of fused-ring (bicyclic) bond motifs is 4. The molecule has 0 atom stereocenters. The van der Waals surface area contributed by atoms with Crippen molar-refractivity contribution >= 4 is 93.8 Å². The van der Waals surface area contributed by atoms with Crippen LogP contribution in [0.1, 0.15) is 96.1 Å². The summed E-state index contributed by atoms with van der Waals surface area (Å²) in [5, 5.41) is 42.6. The topological polar surface area (TPSA) is 353 Å². The highest BCUT2D eigenvalue weighted by Gasteiger charge is 2.22. The Kier molecular flexibility index (Phi) is 14.5. The van der Waals surface area contributed by atoms with Gasteiger partial charge in [0.1, 0.15) is 22.8 Å². The van der Waals surface area contributed by atoms with Crippen LogP contribution in [0.4, 0.5) is 0 Å². The van der Waals surface area contributed by atoms with Gasteiger partial charge < -0.3 is 40.3 Å². The molecule has 0 aliphatic heterocycles. The van der Waals surface area contributed by atoms with Crippen LogP contribution < -0.4 is 32.8 Å². The maximum absolute atomic E-state index is 13.2. The van der Waals surface area contributed by atoms with Gasteiger partial charge >= 0.3 is 23.5 Å². The molecule has 78 heavy (non-hydrogen) atoms. The third-order valence-electron chi connectivity index (χ3n) is 12.3. The van der Waals surface area contributed by atoms with Crippen LogP contribution >= 0.6 is 24.4 Å². The van der Waals surface area contributed by atoms with Crippen LogP contribution in [0.3, 0.4) is 0 Å².